The van der Waals surface area contributed by atoms with Crippen LogP contribution in [0.2, 0.25) is 0 Å². The molecule has 0 bridgehead atoms. The highest BCUT2D eigenvalue weighted by Gasteiger charge is 2.31. The van der Waals surface area contributed by atoms with Crippen LogP contribution in [0.4, 0.5) is 4.39 Å². The first-order valence-electron chi connectivity index (χ1n) is 6.48. The van der Waals surface area contributed by atoms with E-state index in [9.17, 15) is 4.39 Å². The summed E-state index contributed by atoms with van der Waals surface area (Å²) >= 11 is 0. The predicted octanol–water partition coefficient (Wildman–Crippen LogP) is 2.70. The zero-order valence-electron chi connectivity index (χ0n) is 11.6. The Labute approximate surface area is 113 Å². The van der Waals surface area contributed by atoms with Gasteiger partial charge in [0.15, 0.2) is 0 Å². The van der Waals surface area contributed by atoms with Crippen LogP contribution in [0.3, 0.4) is 0 Å². The van der Waals surface area contributed by atoms with Gasteiger partial charge in [-0.1, -0.05) is 6.07 Å². The molecule has 0 aliphatic carbocycles. The lowest BCUT2D eigenvalue weighted by atomic mass is 10.0. The first-order chi connectivity index (χ1) is 8.89. The molecule has 1 saturated heterocycles. The number of hydrogen-bond donors (Lipinski definition) is 0. The standard InChI is InChI=1S/C15H19FN2O/c1-11-8-18(10-15(2,3)19-11)9-13-5-4-12(7-17)6-14(13)16/h4-6,11H,8-10H2,1-3H3. The fourth-order valence-electron chi connectivity index (χ4n) is 2.69. The highest BCUT2D eigenvalue weighted by molar-refractivity contribution is 5.32. The molecule has 19 heavy (non-hydrogen) atoms. The van der Waals surface area contributed by atoms with E-state index in [2.05, 4.69) is 4.90 Å². The summed E-state index contributed by atoms with van der Waals surface area (Å²) in [6.45, 7) is 8.24. The van der Waals surface area contributed by atoms with Crippen LogP contribution < -0.4 is 0 Å². The SMILES string of the molecule is CC1CN(Cc2ccc(C#N)cc2F)CC(C)(C)O1. The van der Waals surface area contributed by atoms with E-state index in [-0.39, 0.29) is 17.5 Å². The van der Waals surface area contributed by atoms with Crippen molar-refractivity contribution in [1.29, 1.82) is 5.26 Å². The summed E-state index contributed by atoms with van der Waals surface area (Å²) in [6, 6.07) is 6.60. The number of hydrogen-bond acceptors (Lipinski definition) is 3. The Kier molecular flexibility index (Phi) is 3.88. The predicted molar refractivity (Wildman–Crippen MR) is 71.0 cm³/mol. The first-order valence-corrected chi connectivity index (χ1v) is 6.48. The second-order valence-electron chi connectivity index (χ2n) is 5.78. The lowest BCUT2D eigenvalue weighted by molar-refractivity contribution is -0.130. The lowest BCUT2D eigenvalue weighted by Crippen LogP contribution is -2.51. The van der Waals surface area contributed by atoms with Gasteiger partial charge < -0.3 is 4.74 Å². The molecule has 1 fully saturated rings. The van der Waals surface area contributed by atoms with Crippen LogP contribution in [0.15, 0.2) is 18.2 Å². The molecule has 1 atom stereocenters. The second kappa shape index (κ2) is 5.28. The molecule has 2 rings (SSSR count). The minimum atomic E-state index is -0.309. The highest BCUT2D eigenvalue weighted by atomic mass is 19.1. The molecular weight excluding hydrogens is 243 g/mol. The van der Waals surface area contributed by atoms with Crippen molar-refractivity contribution >= 4 is 0 Å². The second-order valence-corrected chi connectivity index (χ2v) is 5.78. The summed E-state index contributed by atoms with van der Waals surface area (Å²) in [5.74, 6) is -0.309. The topological polar surface area (TPSA) is 36.3 Å². The normalized spacial score (nSPS) is 23.0. The van der Waals surface area contributed by atoms with Crippen molar-refractivity contribution in [2.75, 3.05) is 13.1 Å². The average Bonchev–Trinajstić information content (AvgIpc) is 2.29. The van der Waals surface area contributed by atoms with Gasteiger partial charge in [0.05, 0.1) is 23.3 Å². The van der Waals surface area contributed by atoms with Crippen molar-refractivity contribution in [2.24, 2.45) is 0 Å². The maximum absolute atomic E-state index is 13.9. The fraction of sp³-hybridized carbons (Fsp3) is 0.533. The van der Waals surface area contributed by atoms with E-state index in [1.807, 2.05) is 26.8 Å². The molecule has 1 aromatic rings. The Morgan fingerprint density at radius 3 is 2.84 bits per heavy atom. The van der Waals surface area contributed by atoms with Gasteiger partial charge in [0.1, 0.15) is 5.82 Å². The Morgan fingerprint density at radius 2 is 2.26 bits per heavy atom. The van der Waals surface area contributed by atoms with E-state index in [4.69, 9.17) is 10.00 Å². The van der Waals surface area contributed by atoms with Crippen molar-refractivity contribution in [3.05, 3.63) is 35.1 Å². The third-order valence-corrected chi connectivity index (χ3v) is 3.22. The van der Waals surface area contributed by atoms with Gasteiger partial charge in [0.2, 0.25) is 0 Å². The van der Waals surface area contributed by atoms with E-state index in [1.165, 1.54) is 6.07 Å². The molecule has 0 N–H and O–H groups in total. The monoisotopic (exact) mass is 262 g/mol. The molecule has 1 aliphatic heterocycles. The number of morpholine rings is 1. The quantitative estimate of drug-likeness (QED) is 0.822. The van der Waals surface area contributed by atoms with E-state index in [0.29, 0.717) is 17.7 Å². The number of rotatable bonds is 2. The zero-order valence-corrected chi connectivity index (χ0v) is 11.6. The van der Waals surface area contributed by atoms with Crippen molar-refractivity contribution in [1.82, 2.24) is 4.90 Å². The Balaban J connectivity index is 2.11. The highest BCUT2D eigenvalue weighted by Crippen LogP contribution is 2.23. The average molecular weight is 262 g/mol. The molecule has 1 heterocycles. The van der Waals surface area contributed by atoms with Crippen LogP contribution in [0.25, 0.3) is 0 Å². The Bertz CT molecular complexity index is 507. The number of ether oxygens (including phenoxy) is 1. The Hall–Kier alpha value is -1.44. The summed E-state index contributed by atoms with van der Waals surface area (Å²) in [4.78, 5) is 2.19. The first kappa shape index (κ1) is 14.0. The van der Waals surface area contributed by atoms with E-state index < -0.39 is 0 Å². The maximum atomic E-state index is 13.9. The molecule has 0 radical (unpaired) electrons. The Morgan fingerprint density at radius 1 is 1.53 bits per heavy atom. The molecule has 1 aromatic carbocycles. The molecule has 102 valence electrons. The van der Waals surface area contributed by atoms with Gasteiger partial charge >= 0.3 is 0 Å². The summed E-state index contributed by atoms with van der Waals surface area (Å²) in [7, 11) is 0. The van der Waals surface area contributed by atoms with Gasteiger partial charge in [-0.3, -0.25) is 4.90 Å². The third-order valence-electron chi connectivity index (χ3n) is 3.22. The molecular formula is C15H19FN2O. The van der Waals surface area contributed by atoms with Gasteiger partial charge in [-0.25, -0.2) is 4.39 Å². The summed E-state index contributed by atoms with van der Waals surface area (Å²) in [6.07, 6.45) is 0.144. The number of nitrogens with zero attached hydrogens (tertiary/aromatic N) is 2. The van der Waals surface area contributed by atoms with Gasteiger partial charge in [0, 0.05) is 25.2 Å². The van der Waals surface area contributed by atoms with Gasteiger partial charge in [-0.2, -0.15) is 5.26 Å². The summed E-state index contributed by atoms with van der Waals surface area (Å²) in [5, 5.41) is 8.73. The largest absolute Gasteiger partial charge is 0.370 e. The maximum Gasteiger partial charge on any atom is 0.129 e. The minimum Gasteiger partial charge on any atom is -0.370 e. The van der Waals surface area contributed by atoms with Crippen LogP contribution in [0.5, 0.6) is 0 Å². The minimum absolute atomic E-state index is 0.144. The lowest BCUT2D eigenvalue weighted by Gasteiger charge is -2.41. The van der Waals surface area contributed by atoms with Gasteiger partial charge in [-0.15, -0.1) is 0 Å². The summed E-state index contributed by atoms with van der Waals surface area (Å²) in [5.41, 5.74) is 0.779. The molecule has 1 aliphatic rings. The van der Waals surface area contributed by atoms with Crippen LogP contribution in [0, 0.1) is 17.1 Å². The third kappa shape index (κ3) is 3.52. The van der Waals surface area contributed by atoms with E-state index in [1.54, 1.807) is 12.1 Å². The number of halogens is 1. The molecule has 4 heteroatoms. The molecule has 0 saturated carbocycles. The number of nitriles is 1. The van der Waals surface area contributed by atoms with E-state index in [0.717, 1.165) is 13.1 Å². The summed E-state index contributed by atoms with van der Waals surface area (Å²) < 4.78 is 19.7. The van der Waals surface area contributed by atoms with E-state index >= 15 is 0 Å². The van der Waals surface area contributed by atoms with Crippen molar-refractivity contribution in [3.8, 4) is 6.07 Å². The van der Waals surface area contributed by atoms with Crippen molar-refractivity contribution in [3.63, 3.8) is 0 Å². The zero-order chi connectivity index (χ0) is 14.0. The fourth-order valence-corrected chi connectivity index (χ4v) is 2.69. The van der Waals surface area contributed by atoms with Crippen LogP contribution in [0.1, 0.15) is 31.9 Å². The molecule has 0 spiro atoms. The van der Waals surface area contributed by atoms with Gasteiger partial charge in [-0.05, 0) is 32.9 Å². The smallest absolute Gasteiger partial charge is 0.129 e. The van der Waals surface area contributed by atoms with Crippen molar-refractivity contribution < 1.29 is 9.13 Å². The van der Waals surface area contributed by atoms with Gasteiger partial charge in [0.25, 0.3) is 0 Å². The van der Waals surface area contributed by atoms with Crippen molar-refractivity contribution in [2.45, 2.75) is 39.0 Å². The van der Waals surface area contributed by atoms with Crippen LogP contribution >= 0.6 is 0 Å². The van der Waals surface area contributed by atoms with Crippen LogP contribution in [-0.4, -0.2) is 29.7 Å². The molecule has 0 aromatic heterocycles. The molecule has 3 nitrogen and oxygen atoms in total. The molecule has 0 amide bonds. The number of benzene rings is 1. The van der Waals surface area contributed by atoms with Crippen LogP contribution in [-0.2, 0) is 11.3 Å². The molecule has 1 unspecified atom stereocenters.